The first kappa shape index (κ1) is 81.2. The summed E-state index contributed by atoms with van der Waals surface area (Å²) in [6.45, 7) is 22.8. The summed E-state index contributed by atoms with van der Waals surface area (Å²) < 4.78 is 0. The lowest BCUT2D eigenvalue weighted by molar-refractivity contribution is -0.142. The zero-order chi connectivity index (χ0) is 69.1. The fraction of sp³-hybridized carbons (Fsp3) is 0.659. The molecular formula is C88H138N2O6. The molecule has 1 fully saturated rings. The smallest absolute Gasteiger partial charge is 0.163 e. The Hall–Kier alpha value is -5.50. The van der Waals surface area contributed by atoms with Crippen molar-refractivity contribution in [1.29, 1.82) is 0 Å². The van der Waals surface area contributed by atoms with Crippen LogP contribution in [0.3, 0.4) is 0 Å². The summed E-state index contributed by atoms with van der Waals surface area (Å²) in [6.07, 6.45) is 59.4. The molecule has 0 heterocycles. The van der Waals surface area contributed by atoms with Crippen molar-refractivity contribution in [2.24, 2.45) is 23.7 Å². The monoisotopic (exact) mass is 1320 g/mol. The second kappa shape index (κ2) is 48.3. The summed E-state index contributed by atoms with van der Waals surface area (Å²) in [5.74, 6) is -2.88. The second-order valence-electron chi connectivity index (χ2n) is 29.5. The van der Waals surface area contributed by atoms with Gasteiger partial charge in [-0.3, -0.25) is 9.59 Å². The fourth-order valence-corrected chi connectivity index (χ4v) is 15.1. The highest BCUT2D eigenvalue weighted by Gasteiger charge is 2.54. The molecule has 1 aliphatic carbocycles. The molecule has 1 aliphatic rings. The molecule has 0 aliphatic heterocycles. The normalized spacial score (nSPS) is 14.3. The number of hydrogen-bond donors (Lipinski definition) is 4. The summed E-state index contributed by atoms with van der Waals surface area (Å²) in [5.41, 5.74) is 5.23. The fourth-order valence-electron chi connectivity index (χ4n) is 15.1. The van der Waals surface area contributed by atoms with Gasteiger partial charge in [0.25, 0.3) is 0 Å². The lowest BCUT2D eigenvalue weighted by Crippen LogP contribution is -2.44. The third-order valence-electron chi connectivity index (χ3n) is 21.1. The third kappa shape index (κ3) is 29.1. The van der Waals surface area contributed by atoms with E-state index in [1.807, 2.05) is 24.3 Å². The van der Waals surface area contributed by atoms with E-state index in [0.29, 0.717) is 34.8 Å². The number of carbonyl (C=O) groups is 2. The number of hydrogen-bond acceptors (Lipinski definition) is 8. The van der Waals surface area contributed by atoms with E-state index in [-0.39, 0.29) is 34.1 Å². The Morgan fingerprint density at radius 2 is 0.490 bits per heavy atom. The van der Waals surface area contributed by atoms with Crippen LogP contribution in [-0.4, -0.2) is 58.2 Å². The van der Waals surface area contributed by atoms with Gasteiger partial charge in [0.2, 0.25) is 0 Å². The zero-order valence-corrected chi connectivity index (χ0v) is 62.3. The first-order valence-electron chi connectivity index (χ1n) is 40.1. The molecule has 4 aromatic carbocycles. The van der Waals surface area contributed by atoms with Gasteiger partial charge in [-0.15, -0.1) is 0 Å². The Balaban J connectivity index is 1.31. The first-order valence-corrected chi connectivity index (χ1v) is 40.1. The van der Waals surface area contributed by atoms with Crippen molar-refractivity contribution in [2.75, 3.05) is 36.0 Å². The Labute approximate surface area is 587 Å². The van der Waals surface area contributed by atoms with Gasteiger partial charge in [0.05, 0.1) is 11.1 Å². The van der Waals surface area contributed by atoms with Crippen molar-refractivity contribution < 1.29 is 30.0 Å². The molecule has 0 spiro atoms. The minimum absolute atomic E-state index is 0.159. The number of anilines is 2. The second-order valence-corrected chi connectivity index (χ2v) is 29.5. The van der Waals surface area contributed by atoms with Gasteiger partial charge in [-0.25, -0.2) is 0 Å². The van der Waals surface area contributed by atoms with Gasteiger partial charge in [-0.2, -0.15) is 0 Å². The molecule has 0 saturated heterocycles. The van der Waals surface area contributed by atoms with E-state index in [2.05, 4.69) is 114 Å². The van der Waals surface area contributed by atoms with E-state index in [0.717, 1.165) is 37.3 Å². The molecule has 0 bridgehead atoms. The summed E-state index contributed by atoms with van der Waals surface area (Å²) in [6, 6.07) is 23.6. The summed E-state index contributed by atoms with van der Waals surface area (Å²) in [7, 11) is 0. The minimum atomic E-state index is -1.44. The van der Waals surface area contributed by atoms with Gasteiger partial charge in [0.15, 0.2) is 11.6 Å². The number of carbonyl (C=O) groups excluding carboxylic acids is 2. The average molecular weight is 1320 g/mol. The van der Waals surface area contributed by atoms with Crippen molar-refractivity contribution in [2.45, 2.75) is 324 Å². The van der Waals surface area contributed by atoms with Gasteiger partial charge >= 0.3 is 0 Å². The number of aromatic hydroxyl groups is 4. The highest BCUT2D eigenvalue weighted by molar-refractivity contribution is 6.32. The average Bonchev–Trinajstić information content (AvgIpc) is 0.731. The number of Topliss-reactive ketones (excluding diaryl/α,β-unsaturated/α-hetero) is 2. The number of phenols is 4. The maximum absolute atomic E-state index is 14.0. The SMILES string of the molecule is CCCCCCC(CCCCCC)CN(CC(CCCCCC)CCCCCC)c1ccc(/C=C/c2cc(O)c(C3C(=O)C(c4c(O)cc(/C=C/c5ccc(N(CC(CCCCCC)CCCCCC)CC(CCCCCC)CCCCCC)cc5)cc4O)C3=O)c(O)c2)cc1. The van der Waals surface area contributed by atoms with Crippen LogP contribution in [0.2, 0.25) is 0 Å². The van der Waals surface area contributed by atoms with Crippen LogP contribution in [0.1, 0.15) is 357 Å². The van der Waals surface area contributed by atoms with Gasteiger partial charge < -0.3 is 30.2 Å². The molecule has 4 N–H and O–H groups in total. The molecule has 0 amide bonds. The maximum Gasteiger partial charge on any atom is 0.163 e. The van der Waals surface area contributed by atoms with E-state index >= 15 is 0 Å². The maximum atomic E-state index is 14.0. The summed E-state index contributed by atoms with van der Waals surface area (Å²) in [5, 5.41) is 45.7. The van der Waals surface area contributed by atoms with E-state index in [1.54, 1.807) is 0 Å². The van der Waals surface area contributed by atoms with Crippen molar-refractivity contribution in [3.63, 3.8) is 0 Å². The molecule has 1 saturated carbocycles. The highest BCUT2D eigenvalue weighted by atomic mass is 16.3. The molecule has 8 nitrogen and oxygen atoms in total. The van der Waals surface area contributed by atoms with Gasteiger partial charge in [0, 0.05) is 37.6 Å². The number of nitrogens with zero attached hydrogens (tertiary/aromatic N) is 2. The lowest BCUT2D eigenvalue weighted by Gasteiger charge is -2.33. The van der Waals surface area contributed by atoms with Gasteiger partial charge in [-0.1, -0.05) is 309 Å². The van der Waals surface area contributed by atoms with Crippen molar-refractivity contribution in [1.82, 2.24) is 0 Å². The molecule has 0 aromatic heterocycles. The Morgan fingerprint density at radius 1 is 0.292 bits per heavy atom. The van der Waals surface area contributed by atoms with E-state index in [1.165, 1.54) is 292 Å². The van der Waals surface area contributed by atoms with Crippen LogP contribution in [0.25, 0.3) is 24.3 Å². The first-order chi connectivity index (χ1) is 46.8. The molecule has 96 heavy (non-hydrogen) atoms. The number of phenolic OH excluding ortho intramolecular Hbond substituents is 4. The predicted molar refractivity (Wildman–Crippen MR) is 414 cm³/mol. The number of rotatable bonds is 56. The van der Waals surface area contributed by atoms with Gasteiger partial charge in [0.1, 0.15) is 34.8 Å². The lowest BCUT2D eigenvalue weighted by atomic mass is 9.65. The summed E-state index contributed by atoms with van der Waals surface area (Å²) in [4.78, 5) is 33.5. The van der Waals surface area contributed by atoms with E-state index in [9.17, 15) is 30.0 Å². The molecule has 536 valence electrons. The van der Waals surface area contributed by atoms with E-state index in [4.69, 9.17) is 0 Å². The Morgan fingerprint density at radius 3 is 0.688 bits per heavy atom. The highest BCUT2D eigenvalue weighted by Crippen LogP contribution is 2.51. The van der Waals surface area contributed by atoms with E-state index < -0.39 is 23.4 Å². The minimum Gasteiger partial charge on any atom is -0.507 e. The van der Waals surface area contributed by atoms with Crippen LogP contribution in [0.5, 0.6) is 23.0 Å². The van der Waals surface area contributed by atoms with Crippen LogP contribution in [-0.2, 0) is 9.59 Å². The quantitative estimate of drug-likeness (QED) is 0.0196. The van der Waals surface area contributed by atoms with Crippen LogP contribution < -0.4 is 9.80 Å². The Kier molecular flexibility index (Phi) is 40.8. The number of benzene rings is 4. The standard InChI is InChI=1S/C88H138N2O6/c1-9-17-25-33-41-71(42-34-26-18-10-2)65-89(66-72(43-35-27-19-11-3)44-36-28-20-12-4)77-57-53-69(54-58-77)49-51-75-61-79(91)83(80(92)62-75)85-87(95)86(88(85)96)84-81(93)63-76(64-82(84)94)52-50-70-55-59-78(60-56-70)90(67-73(45-37-29-21-13-5)46-38-30-22-14-6)68-74(47-39-31-23-15-7)48-40-32-24-16-8/h49-64,71-74,85-86,91-94H,9-48,65-68H2,1-8H3/b51-49+,52-50+. The molecule has 0 atom stereocenters. The van der Waals surface area contributed by atoms with Crippen LogP contribution >= 0.6 is 0 Å². The number of ketones is 2. The molecule has 8 heteroatoms. The van der Waals surface area contributed by atoms with Crippen LogP contribution in [0, 0.1) is 23.7 Å². The number of unbranched alkanes of at least 4 members (excludes halogenated alkanes) is 24. The van der Waals surface area contributed by atoms with Gasteiger partial charge in [-0.05, 0) is 146 Å². The molecule has 5 rings (SSSR count). The largest absolute Gasteiger partial charge is 0.507 e. The van der Waals surface area contributed by atoms with Crippen LogP contribution in [0.15, 0.2) is 72.8 Å². The zero-order valence-electron chi connectivity index (χ0n) is 62.3. The van der Waals surface area contributed by atoms with Crippen molar-refractivity contribution >= 4 is 47.2 Å². The third-order valence-corrected chi connectivity index (χ3v) is 21.1. The molecular weight excluding hydrogens is 1180 g/mol. The Bertz CT molecular complexity index is 2430. The van der Waals surface area contributed by atoms with Crippen molar-refractivity contribution in [3.05, 3.63) is 106 Å². The topological polar surface area (TPSA) is 122 Å². The van der Waals surface area contributed by atoms with Crippen molar-refractivity contribution in [3.8, 4) is 23.0 Å². The predicted octanol–water partition coefficient (Wildman–Crippen LogP) is 25.7. The molecule has 4 aromatic rings. The summed E-state index contributed by atoms with van der Waals surface area (Å²) >= 11 is 0. The van der Waals surface area contributed by atoms with Crippen LogP contribution in [0.4, 0.5) is 11.4 Å². The molecule has 0 unspecified atom stereocenters. The molecule has 0 radical (unpaired) electrons.